The van der Waals surface area contributed by atoms with Gasteiger partial charge in [-0.05, 0) is 74.5 Å². The van der Waals surface area contributed by atoms with Crippen LogP contribution in [0, 0.1) is 0 Å². The molecule has 0 radical (unpaired) electrons. The first-order valence-corrected chi connectivity index (χ1v) is 11.8. The van der Waals surface area contributed by atoms with Gasteiger partial charge in [0.05, 0.1) is 0 Å². The molecule has 0 bridgehead atoms. The maximum atomic E-state index is 5.81. The van der Waals surface area contributed by atoms with Gasteiger partial charge in [0.1, 0.15) is 0 Å². The Kier molecular flexibility index (Phi) is 6.09. The predicted octanol–water partition coefficient (Wildman–Crippen LogP) is 5.80. The minimum Gasteiger partial charge on any atom is -0.398 e. The van der Waals surface area contributed by atoms with E-state index in [0.717, 1.165) is 34.8 Å². The van der Waals surface area contributed by atoms with E-state index < -0.39 is 0 Å². The van der Waals surface area contributed by atoms with Crippen LogP contribution in [0.5, 0.6) is 0 Å². The second-order valence-electron chi connectivity index (χ2n) is 7.85. The van der Waals surface area contributed by atoms with Crippen LogP contribution in [-0.2, 0) is 12.8 Å². The van der Waals surface area contributed by atoms with Gasteiger partial charge in [-0.15, -0.1) is 4.43 Å². The Morgan fingerprint density at radius 2 is 1.33 bits per heavy atom. The number of benzene rings is 5. The fourth-order valence-corrected chi connectivity index (χ4v) is 5.16. The van der Waals surface area contributed by atoms with Crippen molar-refractivity contribution in [1.82, 2.24) is 0 Å². The summed E-state index contributed by atoms with van der Waals surface area (Å²) < 4.78 is 1.48. The Balaban J connectivity index is 0.000000170. The van der Waals surface area contributed by atoms with Crippen molar-refractivity contribution in [1.29, 1.82) is 0 Å². The molecule has 0 fully saturated rings. The number of hydrogen-bond acceptors (Lipinski definition) is 1. The van der Waals surface area contributed by atoms with Crippen LogP contribution in [0.25, 0.3) is 32.3 Å². The molecule has 5 rings (SSSR count). The van der Waals surface area contributed by atoms with Gasteiger partial charge in [-0.3, -0.25) is 0 Å². The Morgan fingerprint density at radius 1 is 0.667 bits per heavy atom. The highest BCUT2D eigenvalue weighted by atomic mass is 27.0. The van der Waals surface area contributed by atoms with Crippen LogP contribution in [0.1, 0.15) is 25.0 Å². The Hall–Kier alpha value is -2.79. The zero-order valence-corrected chi connectivity index (χ0v) is 20.1. The lowest BCUT2D eigenvalue weighted by Gasteiger charge is -2.09. The van der Waals surface area contributed by atoms with E-state index in [1.807, 2.05) is 12.1 Å². The SMILES string of the molecule is CCc1cccc(N)c1CC.[AlH2][c]1cccc2ccc3cc4ccccc4cc3c12. The van der Waals surface area contributed by atoms with E-state index in [0.29, 0.717) is 0 Å². The van der Waals surface area contributed by atoms with Gasteiger partial charge in [0.15, 0.2) is 0 Å². The zero-order valence-electron chi connectivity index (χ0n) is 18.1. The van der Waals surface area contributed by atoms with E-state index in [-0.39, 0.29) is 0 Å². The molecule has 30 heavy (non-hydrogen) atoms. The molecule has 5 aromatic rings. The molecule has 0 unspecified atom stereocenters. The van der Waals surface area contributed by atoms with Crippen molar-refractivity contribution in [3.05, 3.63) is 96.1 Å². The molecule has 148 valence electrons. The second kappa shape index (κ2) is 8.92. The lowest BCUT2D eigenvalue weighted by Crippen LogP contribution is -2.03. The number of nitrogens with two attached hydrogens (primary N) is 1. The van der Waals surface area contributed by atoms with Gasteiger partial charge in [-0.2, -0.15) is 0 Å². The summed E-state index contributed by atoms with van der Waals surface area (Å²) in [5, 5.41) is 8.18. The summed E-state index contributed by atoms with van der Waals surface area (Å²) in [5.41, 5.74) is 9.44. The van der Waals surface area contributed by atoms with Gasteiger partial charge in [-0.1, -0.05) is 80.6 Å². The number of anilines is 1. The van der Waals surface area contributed by atoms with E-state index in [2.05, 4.69) is 86.6 Å². The summed E-state index contributed by atoms with van der Waals surface area (Å²) in [5.74, 6) is 0. The van der Waals surface area contributed by atoms with Gasteiger partial charge in [-0.25, -0.2) is 0 Å². The molecule has 0 spiro atoms. The Bertz CT molecular complexity index is 1340. The monoisotopic (exact) mass is 405 g/mol. The minimum atomic E-state index is 0.937. The molecule has 5 aromatic carbocycles. The van der Waals surface area contributed by atoms with Crippen LogP contribution in [0.15, 0.2) is 84.9 Å². The van der Waals surface area contributed by atoms with Gasteiger partial charge >= 0.3 is 0 Å². The summed E-state index contributed by atoms with van der Waals surface area (Å²) in [6, 6.07) is 30.5. The van der Waals surface area contributed by atoms with Crippen molar-refractivity contribution in [3.8, 4) is 0 Å². The highest BCUT2D eigenvalue weighted by Gasteiger charge is 2.04. The van der Waals surface area contributed by atoms with Crippen LogP contribution >= 0.6 is 0 Å². The van der Waals surface area contributed by atoms with Crippen molar-refractivity contribution in [2.75, 3.05) is 5.73 Å². The number of aryl methyl sites for hydroxylation is 1. The van der Waals surface area contributed by atoms with Crippen molar-refractivity contribution in [2.45, 2.75) is 26.7 Å². The molecule has 0 heterocycles. The van der Waals surface area contributed by atoms with Gasteiger partial charge in [0, 0.05) is 5.69 Å². The summed E-state index contributed by atoms with van der Waals surface area (Å²) >= 11 is 1.09. The van der Waals surface area contributed by atoms with E-state index in [4.69, 9.17) is 5.73 Å². The molecule has 0 aliphatic heterocycles. The second-order valence-corrected chi connectivity index (χ2v) is 8.93. The maximum absolute atomic E-state index is 5.81. The van der Waals surface area contributed by atoms with Crippen molar-refractivity contribution in [3.63, 3.8) is 0 Å². The number of nitrogen functional groups attached to an aromatic ring is 1. The molecule has 0 aliphatic rings. The van der Waals surface area contributed by atoms with Crippen LogP contribution in [0.3, 0.4) is 0 Å². The molecule has 1 nitrogen and oxygen atoms in total. The summed E-state index contributed by atoms with van der Waals surface area (Å²) in [4.78, 5) is 0. The third kappa shape index (κ3) is 3.94. The Morgan fingerprint density at radius 3 is 2.03 bits per heavy atom. The molecule has 0 saturated heterocycles. The first kappa shape index (κ1) is 20.5. The lowest BCUT2D eigenvalue weighted by molar-refractivity contribution is 1.04. The van der Waals surface area contributed by atoms with Crippen LogP contribution in [-0.4, -0.2) is 16.3 Å². The first-order valence-electron chi connectivity index (χ1n) is 10.8. The fraction of sp³-hybridized carbons (Fsp3) is 0.143. The number of hydrogen-bond donors (Lipinski definition) is 1. The first-order chi connectivity index (χ1) is 14.6. The molecule has 0 aromatic heterocycles. The predicted molar refractivity (Wildman–Crippen MR) is 137 cm³/mol. The van der Waals surface area contributed by atoms with E-state index in [9.17, 15) is 0 Å². The highest BCUT2D eigenvalue weighted by Crippen LogP contribution is 2.28. The Labute approximate surface area is 187 Å². The molecular formula is C28H28AlN. The maximum Gasteiger partial charge on any atom is 0.259 e. The minimum absolute atomic E-state index is 0.937. The molecule has 0 saturated carbocycles. The lowest BCUT2D eigenvalue weighted by atomic mass is 9.98. The number of rotatable bonds is 2. The van der Waals surface area contributed by atoms with Crippen molar-refractivity contribution in [2.24, 2.45) is 0 Å². The molecule has 2 heteroatoms. The van der Waals surface area contributed by atoms with E-state index in [1.54, 1.807) is 0 Å². The van der Waals surface area contributed by atoms with E-state index in [1.165, 1.54) is 47.9 Å². The van der Waals surface area contributed by atoms with Crippen molar-refractivity contribution >= 4 is 58.7 Å². The normalized spacial score (nSPS) is 10.9. The largest absolute Gasteiger partial charge is 0.398 e. The van der Waals surface area contributed by atoms with Crippen LogP contribution in [0.4, 0.5) is 5.69 Å². The molecule has 2 N–H and O–H groups in total. The quantitative estimate of drug-likeness (QED) is 0.171. The summed E-state index contributed by atoms with van der Waals surface area (Å²) in [6.45, 7) is 4.30. The standard InChI is InChI=1S/C18H11.C10H15N.Al.2H/c1-2-7-15-12-18-16(11-14(15)6-1)10-9-13-5-3-4-8-17(13)18;1-3-8-6-5-7-10(11)9(8)4-2;;;/h1-7,9-12H;5-7H,3-4,11H2,1-2H3;;;. The smallest absolute Gasteiger partial charge is 0.259 e. The molecular weight excluding hydrogens is 377 g/mol. The van der Waals surface area contributed by atoms with Gasteiger partial charge in [0.25, 0.3) is 16.3 Å². The van der Waals surface area contributed by atoms with Gasteiger partial charge in [0.2, 0.25) is 0 Å². The van der Waals surface area contributed by atoms with Crippen LogP contribution in [0.2, 0.25) is 0 Å². The molecule has 0 atom stereocenters. The fourth-order valence-electron chi connectivity index (χ4n) is 4.41. The summed E-state index contributed by atoms with van der Waals surface area (Å²) in [6.07, 6.45) is 2.12. The average molecular weight is 406 g/mol. The van der Waals surface area contributed by atoms with E-state index >= 15 is 0 Å². The third-order valence-corrected chi connectivity index (χ3v) is 6.81. The summed E-state index contributed by atoms with van der Waals surface area (Å²) in [7, 11) is 0. The molecule has 0 amide bonds. The third-order valence-electron chi connectivity index (χ3n) is 5.98. The highest BCUT2D eigenvalue weighted by molar-refractivity contribution is 6.41. The van der Waals surface area contributed by atoms with Crippen molar-refractivity contribution < 1.29 is 0 Å². The average Bonchev–Trinajstić information content (AvgIpc) is 2.78. The van der Waals surface area contributed by atoms with Gasteiger partial charge < -0.3 is 5.73 Å². The number of fused-ring (bicyclic) bond motifs is 4. The zero-order chi connectivity index (χ0) is 21.1. The topological polar surface area (TPSA) is 26.0 Å². The van der Waals surface area contributed by atoms with Crippen LogP contribution < -0.4 is 10.2 Å². The molecule has 0 aliphatic carbocycles.